The minimum Gasteiger partial charge on any atom is -0.311 e. The maximum Gasteiger partial charge on any atom is 0.0715 e. The summed E-state index contributed by atoms with van der Waals surface area (Å²) in [6, 6.07) is 1.50. The van der Waals surface area contributed by atoms with Gasteiger partial charge in [0.1, 0.15) is 0 Å². The van der Waals surface area contributed by atoms with E-state index in [1.807, 2.05) is 0 Å². The van der Waals surface area contributed by atoms with Crippen LogP contribution < -0.4 is 5.32 Å². The molecule has 0 aromatic rings. The molecule has 0 saturated carbocycles. The van der Waals surface area contributed by atoms with Gasteiger partial charge >= 0.3 is 0 Å². The quantitative estimate of drug-likeness (QED) is 0.738. The van der Waals surface area contributed by atoms with E-state index in [9.17, 15) is 0 Å². The van der Waals surface area contributed by atoms with Gasteiger partial charge in [-0.3, -0.25) is 4.90 Å². The zero-order valence-electron chi connectivity index (χ0n) is 11.9. The third-order valence-electron chi connectivity index (χ3n) is 3.61. The first-order valence-corrected chi connectivity index (χ1v) is 7.03. The maximum atomic E-state index is 5.69. The summed E-state index contributed by atoms with van der Waals surface area (Å²) < 4.78 is 0. The Labute approximate surface area is 107 Å². The average molecular weight is 236 g/mol. The van der Waals surface area contributed by atoms with Crippen LogP contribution in [0.5, 0.6) is 0 Å². The Morgan fingerprint density at radius 2 is 2.18 bits per heavy atom. The van der Waals surface area contributed by atoms with Crippen LogP contribution in [0.1, 0.15) is 47.0 Å². The second kappa shape index (κ2) is 7.03. The van der Waals surface area contributed by atoms with E-state index in [0.717, 1.165) is 25.4 Å². The maximum absolute atomic E-state index is 5.69. The minimum atomic E-state index is 0.326. The van der Waals surface area contributed by atoms with Gasteiger partial charge in [-0.25, -0.2) is 0 Å². The summed E-state index contributed by atoms with van der Waals surface area (Å²) in [7, 11) is 0. The van der Waals surface area contributed by atoms with Gasteiger partial charge in [0.25, 0.3) is 0 Å². The van der Waals surface area contributed by atoms with Crippen molar-refractivity contribution in [2.45, 2.75) is 65.1 Å². The highest BCUT2D eigenvalue weighted by Gasteiger charge is 2.29. The van der Waals surface area contributed by atoms with Crippen molar-refractivity contribution in [3.63, 3.8) is 0 Å². The number of hydrogen-bond acceptors (Lipinski definition) is 2. The van der Waals surface area contributed by atoms with Crippen molar-refractivity contribution in [2.75, 3.05) is 13.1 Å². The van der Waals surface area contributed by atoms with Crippen LogP contribution in [0.25, 0.3) is 0 Å². The van der Waals surface area contributed by atoms with Gasteiger partial charge in [-0.05, 0) is 25.7 Å². The molecule has 1 heterocycles. The van der Waals surface area contributed by atoms with Crippen LogP contribution in [0.15, 0.2) is 0 Å². The Hall–Kier alpha value is -0.520. The second-order valence-electron chi connectivity index (χ2n) is 5.75. The molecular weight excluding hydrogens is 208 g/mol. The van der Waals surface area contributed by atoms with Crippen molar-refractivity contribution in [3.8, 4) is 12.3 Å². The van der Waals surface area contributed by atoms with E-state index in [0.29, 0.717) is 18.1 Å². The van der Waals surface area contributed by atoms with Gasteiger partial charge in [0.05, 0.1) is 6.04 Å². The lowest BCUT2D eigenvalue weighted by molar-refractivity contribution is 0.104. The summed E-state index contributed by atoms with van der Waals surface area (Å²) in [6.45, 7) is 11.2. The summed E-state index contributed by atoms with van der Waals surface area (Å²) in [5.41, 5.74) is 0. The lowest BCUT2D eigenvalue weighted by Gasteiger charge is -2.42. The van der Waals surface area contributed by atoms with Crippen LogP contribution in [0.2, 0.25) is 0 Å². The predicted molar refractivity (Wildman–Crippen MR) is 74.9 cm³/mol. The largest absolute Gasteiger partial charge is 0.311 e. The highest BCUT2D eigenvalue weighted by molar-refractivity contribution is 5.03. The first-order valence-electron chi connectivity index (χ1n) is 7.03. The molecule has 3 atom stereocenters. The lowest BCUT2D eigenvalue weighted by Crippen LogP contribution is -2.58. The Bertz CT molecular complexity index is 254. The van der Waals surface area contributed by atoms with Gasteiger partial charge in [-0.15, -0.1) is 6.42 Å². The predicted octanol–water partition coefficient (Wildman–Crippen LogP) is 2.50. The number of rotatable bonds is 5. The van der Waals surface area contributed by atoms with Crippen LogP contribution in [0.4, 0.5) is 0 Å². The molecule has 1 aliphatic rings. The molecule has 0 aromatic heterocycles. The van der Waals surface area contributed by atoms with Crippen molar-refractivity contribution < 1.29 is 0 Å². The number of terminal acetylenes is 1. The Kier molecular flexibility index (Phi) is 6.02. The molecule has 0 bridgehead atoms. The Morgan fingerprint density at radius 1 is 1.47 bits per heavy atom. The van der Waals surface area contributed by atoms with E-state index in [4.69, 9.17) is 6.42 Å². The molecular formula is C15H28N2. The number of piperazine rings is 1. The van der Waals surface area contributed by atoms with Gasteiger partial charge in [0.2, 0.25) is 0 Å². The molecule has 0 aliphatic carbocycles. The molecule has 1 rings (SSSR count). The third kappa shape index (κ3) is 4.33. The van der Waals surface area contributed by atoms with E-state index in [1.165, 1.54) is 12.8 Å². The fourth-order valence-corrected chi connectivity index (χ4v) is 2.73. The zero-order chi connectivity index (χ0) is 12.8. The number of nitrogens with one attached hydrogen (secondary N) is 1. The molecule has 0 amide bonds. The van der Waals surface area contributed by atoms with Gasteiger partial charge in [0, 0.05) is 25.2 Å². The molecule has 0 spiro atoms. The molecule has 1 fully saturated rings. The van der Waals surface area contributed by atoms with Gasteiger partial charge < -0.3 is 5.32 Å². The molecule has 1 saturated heterocycles. The van der Waals surface area contributed by atoms with Gasteiger partial charge in [-0.1, -0.05) is 33.1 Å². The van der Waals surface area contributed by atoms with Crippen molar-refractivity contribution in [3.05, 3.63) is 0 Å². The second-order valence-corrected chi connectivity index (χ2v) is 5.75. The number of nitrogens with zero attached hydrogens (tertiary/aromatic N) is 1. The monoisotopic (exact) mass is 236 g/mol. The zero-order valence-corrected chi connectivity index (χ0v) is 11.9. The third-order valence-corrected chi connectivity index (χ3v) is 3.61. The van der Waals surface area contributed by atoms with Crippen LogP contribution in [-0.2, 0) is 0 Å². The standard InChI is InChI=1S/C15H28N2/c1-6-8-15(7-2)17-11-14(9-12(3)4)16-10-13(17)5/h2,12-16H,6,8-11H2,1,3-5H3. The molecule has 3 unspecified atom stereocenters. The Morgan fingerprint density at radius 3 is 2.71 bits per heavy atom. The van der Waals surface area contributed by atoms with Gasteiger partial charge in [-0.2, -0.15) is 0 Å². The summed E-state index contributed by atoms with van der Waals surface area (Å²) in [5.74, 6) is 3.72. The van der Waals surface area contributed by atoms with Crippen molar-refractivity contribution in [2.24, 2.45) is 5.92 Å². The smallest absolute Gasteiger partial charge is 0.0715 e. The van der Waals surface area contributed by atoms with Crippen LogP contribution in [-0.4, -0.2) is 36.1 Å². The fourth-order valence-electron chi connectivity index (χ4n) is 2.73. The first-order chi connectivity index (χ1) is 8.08. The first kappa shape index (κ1) is 14.5. The summed E-state index contributed by atoms with van der Waals surface area (Å²) >= 11 is 0. The van der Waals surface area contributed by atoms with E-state index < -0.39 is 0 Å². The SMILES string of the molecule is C#CC(CCC)N1CC(CC(C)C)NCC1C. The van der Waals surface area contributed by atoms with Gasteiger partial charge in [0.15, 0.2) is 0 Å². The highest BCUT2D eigenvalue weighted by atomic mass is 15.2. The molecule has 0 aromatic carbocycles. The van der Waals surface area contributed by atoms with E-state index in [1.54, 1.807) is 0 Å². The summed E-state index contributed by atoms with van der Waals surface area (Å²) in [6.07, 6.45) is 9.22. The molecule has 2 nitrogen and oxygen atoms in total. The molecule has 2 heteroatoms. The molecule has 0 radical (unpaired) electrons. The van der Waals surface area contributed by atoms with Crippen LogP contribution in [0, 0.1) is 18.3 Å². The van der Waals surface area contributed by atoms with E-state index in [-0.39, 0.29) is 0 Å². The number of hydrogen-bond donors (Lipinski definition) is 1. The summed E-state index contributed by atoms with van der Waals surface area (Å²) in [5, 5.41) is 3.64. The van der Waals surface area contributed by atoms with E-state index >= 15 is 0 Å². The molecule has 1 aliphatic heterocycles. The molecule has 98 valence electrons. The van der Waals surface area contributed by atoms with Crippen LogP contribution in [0.3, 0.4) is 0 Å². The Balaban J connectivity index is 2.59. The normalized spacial score (nSPS) is 28.0. The topological polar surface area (TPSA) is 15.3 Å². The van der Waals surface area contributed by atoms with Crippen LogP contribution >= 0.6 is 0 Å². The minimum absolute atomic E-state index is 0.326. The van der Waals surface area contributed by atoms with Crippen molar-refractivity contribution >= 4 is 0 Å². The van der Waals surface area contributed by atoms with Crippen molar-refractivity contribution in [1.82, 2.24) is 10.2 Å². The van der Waals surface area contributed by atoms with E-state index in [2.05, 4.69) is 43.8 Å². The molecule has 17 heavy (non-hydrogen) atoms. The van der Waals surface area contributed by atoms with Crippen molar-refractivity contribution in [1.29, 1.82) is 0 Å². The fraction of sp³-hybridized carbons (Fsp3) is 0.867. The highest BCUT2D eigenvalue weighted by Crippen LogP contribution is 2.17. The summed E-state index contributed by atoms with van der Waals surface area (Å²) in [4.78, 5) is 2.52. The average Bonchev–Trinajstić information content (AvgIpc) is 2.28. The lowest BCUT2D eigenvalue weighted by atomic mass is 9.98. The molecule has 1 N–H and O–H groups in total.